The summed E-state index contributed by atoms with van der Waals surface area (Å²) in [4.78, 5) is 78.9. The first-order valence-corrected chi connectivity index (χ1v) is 20.7. The van der Waals surface area contributed by atoms with Gasteiger partial charge < -0.3 is 46.5 Å². The molecule has 1 saturated carbocycles. The van der Waals surface area contributed by atoms with Gasteiger partial charge in [0.2, 0.25) is 29.5 Å². The van der Waals surface area contributed by atoms with Crippen molar-refractivity contribution in [3.63, 3.8) is 0 Å². The molecular weight excluding hydrogens is 757 g/mol. The molecule has 1 saturated heterocycles. The molecule has 7 rings (SSSR count). The predicted molar refractivity (Wildman–Crippen MR) is 217 cm³/mol. The highest BCUT2D eigenvalue weighted by Crippen LogP contribution is 2.57. The van der Waals surface area contributed by atoms with Crippen molar-refractivity contribution < 1.29 is 43.3 Å². The van der Waals surface area contributed by atoms with Gasteiger partial charge in [0.05, 0.1) is 13.0 Å². The van der Waals surface area contributed by atoms with Crippen LogP contribution in [0.3, 0.4) is 0 Å². The molecular formula is C44H54N6O9. The number of benzene rings is 2. The number of hydrogen-bond acceptors (Lipinski definition) is 9. The highest BCUT2D eigenvalue weighted by atomic mass is 16.5. The number of nitrogens with one attached hydrogen (secondary N) is 4. The van der Waals surface area contributed by atoms with Crippen LogP contribution < -0.4 is 31.7 Å². The van der Waals surface area contributed by atoms with E-state index in [2.05, 4.69) is 33.4 Å². The van der Waals surface area contributed by atoms with Crippen LogP contribution in [0, 0.1) is 5.92 Å². The first kappa shape index (κ1) is 41.6. The third-order valence-corrected chi connectivity index (χ3v) is 12.3. The standard InChI is InChI=1S/C44H54N6O9/c1-25(46-38(51)18-19-39(52)53)40(54)47-26(2)43(57)50-20-8-13-35(50)42(56)49-34(21-27-9-4-3-5-10-27)41(55)48-30-15-17-33-37(23-30)59-36-22-29(45)14-16-32(36)44(33)31-12-7-6-11-28(31)24-58-44/h3-4,6-7,9,11-12,15,17,23,25-26,29,32,34-36H,5,8,10,13-14,16,18-22,24,45H2,1-2H3,(H,46,51)(H,47,54)(H,48,55)(H,49,56)(H,52,53). The Kier molecular flexibility index (Phi) is 12.5. The third-order valence-electron chi connectivity index (χ3n) is 12.3. The van der Waals surface area contributed by atoms with Crippen molar-refractivity contribution in [3.8, 4) is 5.75 Å². The molecule has 8 atom stereocenters. The molecule has 2 aromatic carbocycles. The average Bonchev–Trinajstić information content (AvgIpc) is 3.86. The molecule has 3 heterocycles. The number of nitrogens with zero attached hydrogens (tertiary/aromatic N) is 1. The summed E-state index contributed by atoms with van der Waals surface area (Å²) in [6.45, 7) is 3.70. The van der Waals surface area contributed by atoms with Gasteiger partial charge in [-0.1, -0.05) is 48.1 Å². The van der Waals surface area contributed by atoms with Gasteiger partial charge in [0.1, 0.15) is 41.6 Å². The van der Waals surface area contributed by atoms with E-state index in [0.29, 0.717) is 37.3 Å². The van der Waals surface area contributed by atoms with Crippen molar-refractivity contribution in [2.75, 3.05) is 11.9 Å². The SMILES string of the molecule is CC(NC(=O)CCC(=O)O)C(=O)NC(C)C(=O)N1CCCC1C(=O)NC(CC1=CC=CCC1)C(=O)Nc1ccc2c(c1)OC1CC(N)CCC1C21OCc2ccccc21. The number of fused-ring (bicyclic) bond motifs is 6. The lowest BCUT2D eigenvalue weighted by Gasteiger charge is -2.49. The predicted octanol–water partition coefficient (Wildman–Crippen LogP) is 3.30. The van der Waals surface area contributed by atoms with Gasteiger partial charge in [0, 0.05) is 42.2 Å². The van der Waals surface area contributed by atoms with Crippen molar-refractivity contribution in [2.45, 2.75) is 127 Å². The van der Waals surface area contributed by atoms with Crippen molar-refractivity contribution in [2.24, 2.45) is 11.7 Å². The first-order valence-electron chi connectivity index (χ1n) is 20.7. The van der Waals surface area contributed by atoms with E-state index in [1.165, 1.54) is 18.7 Å². The lowest BCUT2D eigenvalue weighted by molar-refractivity contribution is -0.142. The molecule has 5 aliphatic rings. The molecule has 2 fully saturated rings. The number of carbonyl (C=O) groups excluding carboxylic acids is 5. The number of nitrogens with two attached hydrogens (primary N) is 1. The molecule has 0 radical (unpaired) electrons. The molecule has 1 spiro atoms. The van der Waals surface area contributed by atoms with Crippen molar-refractivity contribution in [1.29, 1.82) is 0 Å². The molecule has 15 heteroatoms. The maximum Gasteiger partial charge on any atom is 0.303 e. The van der Waals surface area contributed by atoms with Crippen LogP contribution in [0.15, 0.2) is 66.3 Å². The minimum absolute atomic E-state index is 0.0109. The minimum Gasteiger partial charge on any atom is -0.489 e. The van der Waals surface area contributed by atoms with E-state index in [0.717, 1.165) is 47.9 Å². The summed E-state index contributed by atoms with van der Waals surface area (Å²) < 4.78 is 13.4. The number of anilines is 1. The van der Waals surface area contributed by atoms with Gasteiger partial charge in [-0.3, -0.25) is 28.8 Å². The van der Waals surface area contributed by atoms with Gasteiger partial charge in [-0.25, -0.2) is 0 Å². The zero-order valence-electron chi connectivity index (χ0n) is 33.5. The van der Waals surface area contributed by atoms with E-state index >= 15 is 0 Å². The van der Waals surface area contributed by atoms with E-state index in [9.17, 15) is 28.8 Å². The topological polar surface area (TPSA) is 218 Å². The van der Waals surface area contributed by atoms with Gasteiger partial charge in [0.25, 0.3) is 0 Å². The molecule has 0 bridgehead atoms. The first-order chi connectivity index (χ1) is 28.3. The van der Waals surface area contributed by atoms with Crippen molar-refractivity contribution >= 4 is 41.2 Å². The summed E-state index contributed by atoms with van der Waals surface area (Å²) in [7, 11) is 0. The van der Waals surface area contributed by atoms with Gasteiger partial charge in [0.15, 0.2) is 0 Å². The average molecular weight is 811 g/mol. The summed E-state index contributed by atoms with van der Waals surface area (Å²) in [5.74, 6) is -3.07. The van der Waals surface area contributed by atoms with E-state index in [-0.39, 0.29) is 43.9 Å². The zero-order valence-corrected chi connectivity index (χ0v) is 33.5. The number of hydrogen-bond donors (Lipinski definition) is 6. The van der Waals surface area contributed by atoms with Crippen LogP contribution >= 0.6 is 0 Å². The number of aliphatic carboxylic acids is 1. The van der Waals surface area contributed by atoms with Crippen LogP contribution in [-0.4, -0.2) is 88.4 Å². The van der Waals surface area contributed by atoms with E-state index in [4.69, 9.17) is 20.3 Å². The van der Waals surface area contributed by atoms with Crippen molar-refractivity contribution in [1.82, 2.24) is 20.9 Å². The summed E-state index contributed by atoms with van der Waals surface area (Å²) in [5, 5.41) is 19.8. The minimum atomic E-state index is -1.14. The largest absolute Gasteiger partial charge is 0.489 e. The number of ether oxygens (including phenoxy) is 2. The molecule has 0 aromatic heterocycles. The molecule has 7 N–H and O–H groups in total. The van der Waals surface area contributed by atoms with Crippen LogP contribution in [0.2, 0.25) is 0 Å². The van der Waals surface area contributed by atoms with Crippen LogP contribution in [0.1, 0.15) is 94.7 Å². The molecule has 15 nitrogen and oxygen atoms in total. The van der Waals surface area contributed by atoms with Crippen LogP contribution in [0.25, 0.3) is 0 Å². The van der Waals surface area contributed by atoms with E-state index in [1.807, 2.05) is 48.6 Å². The molecule has 314 valence electrons. The van der Waals surface area contributed by atoms with Gasteiger partial charge in [-0.15, -0.1) is 0 Å². The Balaban J connectivity index is 1.05. The monoisotopic (exact) mass is 810 g/mol. The number of likely N-dealkylation sites (tertiary alicyclic amines) is 1. The van der Waals surface area contributed by atoms with Crippen LogP contribution in [0.4, 0.5) is 5.69 Å². The number of carbonyl (C=O) groups is 6. The van der Waals surface area contributed by atoms with Crippen LogP contribution in [0.5, 0.6) is 5.75 Å². The third kappa shape index (κ3) is 8.91. The molecule has 2 aromatic rings. The number of carboxylic acids is 1. The Hall–Kier alpha value is -5.54. The van der Waals surface area contributed by atoms with Gasteiger partial charge in [-0.2, -0.15) is 0 Å². The molecule has 2 aliphatic carbocycles. The fourth-order valence-corrected chi connectivity index (χ4v) is 9.27. The second-order valence-corrected chi connectivity index (χ2v) is 16.4. The lowest BCUT2D eigenvalue weighted by Crippen LogP contribution is -2.56. The van der Waals surface area contributed by atoms with Crippen molar-refractivity contribution in [3.05, 3.63) is 83.0 Å². The summed E-state index contributed by atoms with van der Waals surface area (Å²) in [6, 6.07) is 10.1. The Morgan fingerprint density at radius 1 is 0.949 bits per heavy atom. The van der Waals surface area contributed by atoms with Gasteiger partial charge >= 0.3 is 5.97 Å². The number of allylic oxidation sites excluding steroid dienone is 3. The second-order valence-electron chi connectivity index (χ2n) is 16.4. The van der Waals surface area contributed by atoms with Crippen LogP contribution in [-0.2, 0) is 45.7 Å². The normalized spacial score (nSPS) is 25.5. The molecule has 8 unspecified atom stereocenters. The molecule has 3 aliphatic heterocycles. The highest BCUT2D eigenvalue weighted by Gasteiger charge is 2.56. The maximum atomic E-state index is 14.2. The fourth-order valence-electron chi connectivity index (χ4n) is 9.27. The smallest absolute Gasteiger partial charge is 0.303 e. The second kappa shape index (κ2) is 17.8. The summed E-state index contributed by atoms with van der Waals surface area (Å²) in [5.41, 5.74) is 10.4. The maximum absolute atomic E-state index is 14.2. The summed E-state index contributed by atoms with van der Waals surface area (Å²) >= 11 is 0. The number of amides is 5. The Labute approximate surface area is 343 Å². The lowest BCUT2D eigenvalue weighted by atomic mass is 9.66. The van der Waals surface area contributed by atoms with E-state index < -0.39 is 65.3 Å². The van der Waals surface area contributed by atoms with E-state index in [1.54, 1.807) is 0 Å². The molecule has 5 amide bonds. The Morgan fingerprint density at radius 2 is 1.76 bits per heavy atom. The number of carboxylic acid groups (broad SMARTS) is 1. The highest BCUT2D eigenvalue weighted by molar-refractivity contribution is 5.99. The quantitative estimate of drug-likeness (QED) is 0.174. The van der Waals surface area contributed by atoms with Gasteiger partial charge in [-0.05, 0) is 88.5 Å². The Morgan fingerprint density at radius 3 is 2.54 bits per heavy atom. The number of rotatable bonds is 13. The Bertz CT molecular complexity index is 2050. The summed E-state index contributed by atoms with van der Waals surface area (Å²) in [6.07, 6.45) is 10.3. The molecule has 59 heavy (non-hydrogen) atoms. The fraction of sp³-hybridized carbons (Fsp3) is 0.500. The zero-order chi connectivity index (χ0) is 41.8.